The summed E-state index contributed by atoms with van der Waals surface area (Å²) >= 11 is 0. The quantitative estimate of drug-likeness (QED) is 0.930. The van der Waals surface area contributed by atoms with E-state index in [0.717, 1.165) is 38.4 Å². The first-order valence-corrected chi connectivity index (χ1v) is 7.52. The smallest absolute Gasteiger partial charge is 0.0772 e. The Kier molecular flexibility index (Phi) is 4.48. The number of nitrogens with zero attached hydrogens (tertiary/aromatic N) is 3. The molecule has 0 atom stereocenters. The fraction of sp³-hybridized carbons (Fsp3) is 0.353. The predicted molar refractivity (Wildman–Crippen MR) is 86.1 cm³/mol. The number of anilines is 1. The van der Waals surface area contributed by atoms with E-state index in [-0.39, 0.29) is 0 Å². The molecule has 0 bridgehead atoms. The Balaban J connectivity index is 1.60. The van der Waals surface area contributed by atoms with Crippen LogP contribution < -0.4 is 10.6 Å². The Morgan fingerprint density at radius 3 is 2.43 bits per heavy atom. The summed E-state index contributed by atoms with van der Waals surface area (Å²) < 4.78 is 0. The van der Waals surface area contributed by atoms with Gasteiger partial charge in [0.2, 0.25) is 0 Å². The lowest BCUT2D eigenvalue weighted by Crippen LogP contribution is -2.46. The number of piperazine rings is 1. The van der Waals surface area contributed by atoms with Gasteiger partial charge in [0, 0.05) is 45.5 Å². The van der Waals surface area contributed by atoms with E-state index < -0.39 is 0 Å². The van der Waals surface area contributed by atoms with Crippen molar-refractivity contribution < 1.29 is 0 Å². The van der Waals surface area contributed by atoms with Crippen molar-refractivity contribution in [3.63, 3.8) is 0 Å². The standard InChI is InChI=1S/C17H22N4/c18-13-16-17(7-4-8-19-16)21-11-9-20(10-12-21)14-15-5-2-1-3-6-15/h1-8H,9-14,18H2. The van der Waals surface area contributed by atoms with Crippen LogP contribution >= 0.6 is 0 Å². The van der Waals surface area contributed by atoms with Crippen LogP contribution in [0, 0.1) is 0 Å². The maximum atomic E-state index is 5.79. The van der Waals surface area contributed by atoms with Gasteiger partial charge in [0.1, 0.15) is 0 Å². The lowest BCUT2D eigenvalue weighted by atomic mass is 10.2. The monoisotopic (exact) mass is 282 g/mol. The molecule has 0 saturated carbocycles. The zero-order valence-electron chi connectivity index (χ0n) is 12.3. The van der Waals surface area contributed by atoms with Gasteiger partial charge in [0.25, 0.3) is 0 Å². The van der Waals surface area contributed by atoms with Crippen LogP contribution in [-0.2, 0) is 13.1 Å². The molecule has 0 spiro atoms. The van der Waals surface area contributed by atoms with E-state index in [9.17, 15) is 0 Å². The number of hydrogen-bond acceptors (Lipinski definition) is 4. The molecule has 1 aliphatic heterocycles. The van der Waals surface area contributed by atoms with E-state index in [1.807, 2.05) is 12.3 Å². The average molecular weight is 282 g/mol. The molecule has 1 saturated heterocycles. The number of benzene rings is 1. The number of hydrogen-bond donors (Lipinski definition) is 1. The third kappa shape index (κ3) is 3.40. The van der Waals surface area contributed by atoms with Gasteiger partial charge in [-0.1, -0.05) is 30.3 Å². The van der Waals surface area contributed by atoms with Gasteiger partial charge >= 0.3 is 0 Å². The van der Waals surface area contributed by atoms with Gasteiger partial charge in [-0.2, -0.15) is 0 Å². The van der Waals surface area contributed by atoms with E-state index in [1.54, 1.807) is 0 Å². The van der Waals surface area contributed by atoms with Gasteiger partial charge in [-0.25, -0.2) is 0 Å². The van der Waals surface area contributed by atoms with Crippen molar-refractivity contribution >= 4 is 5.69 Å². The molecule has 3 rings (SSSR count). The van der Waals surface area contributed by atoms with Crippen LogP contribution in [0.25, 0.3) is 0 Å². The lowest BCUT2D eigenvalue weighted by molar-refractivity contribution is 0.249. The Morgan fingerprint density at radius 2 is 1.71 bits per heavy atom. The molecule has 0 amide bonds. The van der Waals surface area contributed by atoms with Crippen LogP contribution in [0.4, 0.5) is 5.69 Å². The predicted octanol–water partition coefficient (Wildman–Crippen LogP) is 1.86. The van der Waals surface area contributed by atoms with Gasteiger partial charge in [0.15, 0.2) is 0 Å². The van der Waals surface area contributed by atoms with Gasteiger partial charge < -0.3 is 10.6 Å². The Labute approximate surface area is 126 Å². The highest BCUT2D eigenvalue weighted by molar-refractivity contribution is 5.50. The Morgan fingerprint density at radius 1 is 0.952 bits per heavy atom. The molecule has 4 heteroatoms. The molecular formula is C17H22N4. The maximum Gasteiger partial charge on any atom is 0.0772 e. The minimum Gasteiger partial charge on any atom is -0.367 e. The summed E-state index contributed by atoms with van der Waals surface area (Å²) in [6.07, 6.45) is 1.82. The minimum absolute atomic E-state index is 0.500. The molecule has 1 aliphatic rings. The van der Waals surface area contributed by atoms with Crippen molar-refractivity contribution in [3.8, 4) is 0 Å². The molecule has 2 aromatic rings. The molecule has 21 heavy (non-hydrogen) atoms. The van der Waals surface area contributed by atoms with Crippen LogP contribution in [-0.4, -0.2) is 36.1 Å². The van der Waals surface area contributed by atoms with Crippen LogP contribution in [0.1, 0.15) is 11.3 Å². The van der Waals surface area contributed by atoms with Crippen molar-refractivity contribution in [1.82, 2.24) is 9.88 Å². The van der Waals surface area contributed by atoms with Crippen molar-refractivity contribution in [2.75, 3.05) is 31.1 Å². The van der Waals surface area contributed by atoms with E-state index in [0.29, 0.717) is 6.54 Å². The SMILES string of the molecule is NCc1ncccc1N1CCN(Cc2ccccc2)CC1. The fourth-order valence-electron chi connectivity index (χ4n) is 2.86. The topological polar surface area (TPSA) is 45.4 Å². The molecule has 2 heterocycles. The van der Waals surface area contributed by atoms with Crippen molar-refractivity contribution in [1.29, 1.82) is 0 Å². The fourth-order valence-corrected chi connectivity index (χ4v) is 2.86. The minimum atomic E-state index is 0.500. The van der Waals surface area contributed by atoms with Crippen molar-refractivity contribution in [2.24, 2.45) is 5.73 Å². The first-order chi connectivity index (χ1) is 10.4. The molecule has 0 radical (unpaired) electrons. The highest BCUT2D eigenvalue weighted by Crippen LogP contribution is 2.20. The van der Waals surface area contributed by atoms with Gasteiger partial charge in [-0.15, -0.1) is 0 Å². The molecule has 0 unspecified atom stereocenters. The summed E-state index contributed by atoms with van der Waals surface area (Å²) in [7, 11) is 0. The molecule has 1 aromatic heterocycles. The summed E-state index contributed by atoms with van der Waals surface area (Å²) in [6.45, 7) is 5.75. The van der Waals surface area contributed by atoms with Crippen molar-refractivity contribution in [2.45, 2.75) is 13.1 Å². The molecule has 110 valence electrons. The second-order valence-electron chi connectivity index (χ2n) is 5.42. The Bertz CT molecular complexity index is 562. The van der Waals surface area contributed by atoms with Gasteiger partial charge in [-0.05, 0) is 17.7 Å². The van der Waals surface area contributed by atoms with E-state index in [2.05, 4.69) is 51.2 Å². The summed E-state index contributed by atoms with van der Waals surface area (Å²) in [6, 6.07) is 14.8. The number of nitrogens with two attached hydrogens (primary N) is 1. The second-order valence-corrected chi connectivity index (χ2v) is 5.42. The summed E-state index contributed by atoms with van der Waals surface area (Å²) in [5.41, 5.74) is 9.36. The van der Waals surface area contributed by atoms with Gasteiger partial charge in [-0.3, -0.25) is 9.88 Å². The molecule has 0 aliphatic carbocycles. The van der Waals surface area contributed by atoms with E-state index in [4.69, 9.17) is 5.73 Å². The van der Waals surface area contributed by atoms with Crippen LogP contribution in [0.3, 0.4) is 0 Å². The third-order valence-electron chi connectivity index (χ3n) is 4.02. The van der Waals surface area contributed by atoms with Crippen LogP contribution in [0.5, 0.6) is 0 Å². The van der Waals surface area contributed by atoms with Crippen LogP contribution in [0.15, 0.2) is 48.7 Å². The molecule has 1 fully saturated rings. The summed E-state index contributed by atoms with van der Waals surface area (Å²) in [5, 5.41) is 0. The largest absolute Gasteiger partial charge is 0.367 e. The molecule has 4 nitrogen and oxygen atoms in total. The zero-order valence-corrected chi connectivity index (χ0v) is 12.3. The zero-order chi connectivity index (χ0) is 14.5. The second kappa shape index (κ2) is 6.70. The maximum absolute atomic E-state index is 5.79. The van der Waals surface area contributed by atoms with E-state index >= 15 is 0 Å². The van der Waals surface area contributed by atoms with Crippen molar-refractivity contribution in [3.05, 3.63) is 59.9 Å². The molecule has 2 N–H and O–H groups in total. The highest BCUT2D eigenvalue weighted by atomic mass is 15.3. The van der Waals surface area contributed by atoms with Crippen LogP contribution in [0.2, 0.25) is 0 Å². The molecular weight excluding hydrogens is 260 g/mol. The number of rotatable bonds is 4. The lowest BCUT2D eigenvalue weighted by Gasteiger charge is -2.36. The average Bonchev–Trinajstić information content (AvgIpc) is 2.56. The third-order valence-corrected chi connectivity index (χ3v) is 4.02. The number of pyridine rings is 1. The highest BCUT2D eigenvalue weighted by Gasteiger charge is 2.19. The Hall–Kier alpha value is -1.91. The first kappa shape index (κ1) is 14.0. The van der Waals surface area contributed by atoms with E-state index in [1.165, 1.54) is 11.3 Å². The summed E-state index contributed by atoms with van der Waals surface area (Å²) in [4.78, 5) is 9.28. The normalized spacial score (nSPS) is 16.1. The first-order valence-electron chi connectivity index (χ1n) is 7.52. The van der Waals surface area contributed by atoms with Gasteiger partial charge in [0.05, 0.1) is 11.4 Å². The number of aromatic nitrogens is 1. The molecule has 1 aromatic carbocycles. The summed E-state index contributed by atoms with van der Waals surface area (Å²) in [5.74, 6) is 0.